The lowest BCUT2D eigenvalue weighted by atomic mass is 10.2. The molecule has 1 N–H and O–H groups in total. The number of morpholine rings is 1. The molecule has 20 heavy (non-hydrogen) atoms. The quantitative estimate of drug-likeness (QED) is 0.901. The number of benzene rings is 1. The smallest absolute Gasteiger partial charge is 0.0841 e. The standard InChI is InChI=1S/C15H21BrN2O2/c16-13-2-1-12-3-4-18(15(12)9-13)11-14(19)10-17-5-7-20-8-6-17/h1-2,9,14,19H,3-8,10-11H2. The van der Waals surface area contributed by atoms with Crippen LogP contribution < -0.4 is 4.90 Å². The minimum atomic E-state index is -0.307. The van der Waals surface area contributed by atoms with Crippen molar-refractivity contribution < 1.29 is 9.84 Å². The molecule has 0 amide bonds. The zero-order valence-electron chi connectivity index (χ0n) is 11.6. The van der Waals surface area contributed by atoms with Gasteiger partial charge in [0.15, 0.2) is 0 Å². The molecule has 1 fully saturated rings. The average Bonchev–Trinajstić information content (AvgIpc) is 2.82. The van der Waals surface area contributed by atoms with E-state index in [-0.39, 0.29) is 6.10 Å². The fourth-order valence-corrected chi connectivity index (χ4v) is 3.35. The molecule has 0 bridgehead atoms. The van der Waals surface area contributed by atoms with Crippen LogP contribution in [-0.2, 0) is 11.2 Å². The summed E-state index contributed by atoms with van der Waals surface area (Å²) in [6.07, 6.45) is 0.769. The first kappa shape index (κ1) is 14.3. The number of anilines is 1. The van der Waals surface area contributed by atoms with Crippen LogP contribution >= 0.6 is 15.9 Å². The normalized spacial score (nSPS) is 21.0. The third-order valence-electron chi connectivity index (χ3n) is 4.04. The molecular weight excluding hydrogens is 320 g/mol. The van der Waals surface area contributed by atoms with E-state index in [2.05, 4.69) is 43.9 Å². The number of aliphatic hydroxyl groups is 1. The van der Waals surface area contributed by atoms with Gasteiger partial charge in [-0.2, -0.15) is 0 Å². The predicted octanol–water partition coefficient (Wildman–Crippen LogP) is 1.50. The van der Waals surface area contributed by atoms with E-state index in [1.807, 2.05) is 0 Å². The van der Waals surface area contributed by atoms with E-state index in [9.17, 15) is 5.11 Å². The highest BCUT2D eigenvalue weighted by atomic mass is 79.9. The van der Waals surface area contributed by atoms with Crippen LogP contribution in [0.5, 0.6) is 0 Å². The first-order valence-corrected chi connectivity index (χ1v) is 8.03. The summed E-state index contributed by atoms with van der Waals surface area (Å²) in [5.41, 5.74) is 2.65. The second kappa shape index (κ2) is 6.43. The summed E-state index contributed by atoms with van der Waals surface area (Å²) in [5.74, 6) is 0. The number of nitrogens with zero attached hydrogens (tertiary/aromatic N) is 2. The van der Waals surface area contributed by atoms with Gasteiger partial charge in [0.25, 0.3) is 0 Å². The highest BCUT2D eigenvalue weighted by molar-refractivity contribution is 9.10. The Balaban J connectivity index is 1.57. The van der Waals surface area contributed by atoms with E-state index in [4.69, 9.17) is 4.74 Å². The van der Waals surface area contributed by atoms with E-state index >= 15 is 0 Å². The van der Waals surface area contributed by atoms with Crippen molar-refractivity contribution in [2.24, 2.45) is 0 Å². The number of rotatable bonds is 4. The lowest BCUT2D eigenvalue weighted by molar-refractivity contribution is 0.0161. The van der Waals surface area contributed by atoms with Crippen molar-refractivity contribution in [3.05, 3.63) is 28.2 Å². The molecule has 110 valence electrons. The summed E-state index contributed by atoms with van der Waals surface area (Å²) in [4.78, 5) is 4.58. The number of hydrogen-bond donors (Lipinski definition) is 1. The van der Waals surface area contributed by atoms with Gasteiger partial charge in [0, 0.05) is 42.9 Å². The first-order chi connectivity index (χ1) is 9.72. The molecule has 4 nitrogen and oxygen atoms in total. The number of ether oxygens (including phenoxy) is 1. The Morgan fingerprint density at radius 3 is 2.80 bits per heavy atom. The number of hydrogen-bond acceptors (Lipinski definition) is 4. The van der Waals surface area contributed by atoms with Crippen LogP contribution in [0.4, 0.5) is 5.69 Å². The van der Waals surface area contributed by atoms with E-state index in [0.717, 1.165) is 50.3 Å². The van der Waals surface area contributed by atoms with Crippen molar-refractivity contribution in [1.29, 1.82) is 0 Å². The van der Waals surface area contributed by atoms with Crippen LogP contribution in [0.1, 0.15) is 5.56 Å². The Kier molecular flexibility index (Phi) is 4.61. The molecular formula is C15H21BrN2O2. The molecule has 0 spiro atoms. The molecule has 1 saturated heterocycles. The first-order valence-electron chi connectivity index (χ1n) is 7.24. The van der Waals surface area contributed by atoms with Gasteiger partial charge in [-0.1, -0.05) is 22.0 Å². The molecule has 1 unspecified atom stereocenters. The molecule has 2 aliphatic heterocycles. The number of β-amino-alcohol motifs (C(OH)–C–C–N with tert-alkyl or cyclic N) is 1. The molecule has 0 aliphatic carbocycles. The zero-order valence-corrected chi connectivity index (χ0v) is 13.2. The fraction of sp³-hybridized carbons (Fsp3) is 0.600. The van der Waals surface area contributed by atoms with Crippen molar-refractivity contribution in [2.45, 2.75) is 12.5 Å². The predicted molar refractivity (Wildman–Crippen MR) is 83.3 cm³/mol. The van der Waals surface area contributed by atoms with Crippen molar-refractivity contribution in [2.75, 3.05) is 50.8 Å². The molecule has 0 saturated carbocycles. The summed E-state index contributed by atoms with van der Waals surface area (Å²) in [5, 5.41) is 10.3. The molecule has 0 aromatic heterocycles. The van der Waals surface area contributed by atoms with Gasteiger partial charge >= 0.3 is 0 Å². The highest BCUT2D eigenvalue weighted by Crippen LogP contribution is 2.30. The molecule has 3 rings (SSSR count). The molecule has 1 aromatic rings. The van der Waals surface area contributed by atoms with Gasteiger partial charge in [-0.3, -0.25) is 4.90 Å². The van der Waals surface area contributed by atoms with Crippen LogP contribution in [0.25, 0.3) is 0 Å². The Morgan fingerprint density at radius 1 is 1.20 bits per heavy atom. The third-order valence-corrected chi connectivity index (χ3v) is 4.54. The summed E-state index contributed by atoms with van der Waals surface area (Å²) in [6.45, 7) is 5.88. The van der Waals surface area contributed by atoms with Gasteiger partial charge in [0.2, 0.25) is 0 Å². The Morgan fingerprint density at radius 2 is 2.00 bits per heavy atom. The molecule has 2 aliphatic rings. The van der Waals surface area contributed by atoms with Crippen LogP contribution in [-0.4, -0.2) is 62.0 Å². The van der Waals surface area contributed by atoms with Crippen LogP contribution in [0.2, 0.25) is 0 Å². The van der Waals surface area contributed by atoms with Crippen molar-refractivity contribution in [3.8, 4) is 0 Å². The Bertz CT molecular complexity index is 463. The monoisotopic (exact) mass is 340 g/mol. The fourth-order valence-electron chi connectivity index (χ4n) is 3.00. The maximum Gasteiger partial charge on any atom is 0.0841 e. The number of fused-ring (bicyclic) bond motifs is 1. The second-order valence-corrected chi connectivity index (χ2v) is 6.45. The minimum absolute atomic E-state index is 0.307. The Hall–Kier alpha value is -0.620. The SMILES string of the molecule is OC(CN1CCOCC1)CN1CCc2ccc(Br)cc21. The second-order valence-electron chi connectivity index (χ2n) is 5.54. The van der Waals surface area contributed by atoms with E-state index in [1.54, 1.807) is 0 Å². The summed E-state index contributed by atoms with van der Waals surface area (Å²) in [6, 6.07) is 6.42. The van der Waals surface area contributed by atoms with E-state index in [0.29, 0.717) is 6.54 Å². The minimum Gasteiger partial charge on any atom is -0.390 e. The van der Waals surface area contributed by atoms with Gasteiger partial charge in [0.1, 0.15) is 0 Å². The van der Waals surface area contributed by atoms with Crippen molar-refractivity contribution >= 4 is 21.6 Å². The molecule has 2 heterocycles. The van der Waals surface area contributed by atoms with Gasteiger partial charge in [-0.15, -0.1) is 0 Å². The molecule has 0 radical (unpaired) electrons. The average molecular weight is 341 g/mol. The number of halogens is 1. The molecule has 1 aromatic carbocycles. The summed E-state index contributed by atoms with van der Waals surface area (Å²) >= 11 is 3.53. The van der Waals surface area contributed by atoms with Crippen LogP contribution in [0.15, 0.2) is 22.7 Å². The maximum atomic E-state index is 10.3. The summed E-state index contributed by atoms with van der Waals surface area (Å²) in [7, 11) is 0. The largest absolute Gasteiger partial charge is 0.390 e. The maximum absolute atomic E-state index is 10.3. The lowest BCUT2D eigenvalue weighted by Crippen LogP contribution is -2.44. The van der Waals surface area contributed by atoms with Gasteiger partial charge in [-0.05, 0) is 24.1 Å². The third kappa shape index (κ3) is 3.34. The Labute approximate surface area is 128 Å². The van der Waals surface area contributed by atoms with E-state index < -0.39 is 0 Å². The van der Waals surface area contributed by atoms with Crippen molar-refractivity contribution in [3.63, 3.8) is 0 Å². The molecule has 5 heteroatoms. The van der Waals surface area contributed by atoms with Gasteiger partial charge in [0.05, 0.1) is 19.3 Å². The van der Waals surface area contributed by atoms with Gasteiger partial charge < -0.3 is 14.7 Å². The zero-order chi connectivity index (χ0) is 13.9. The topological polar surface area (TPSA) is 35.9 Å². The van der Waals surface area contributed by atoms with E-state index in [1.165, 1.54) is 11.3 Å². The number of aliphatic hydroxyl groups excluding tert-OH is 1. The van der Waals surface area contributed by atoms with Crippen LogP contribution in [0, 0.1) is 0 Å². The summed E-state index contributed by atoms with van der Waals surface area (Å²) < 4.78 is 6.44. The molecule has 1 atom stereocenters. The van der Waals surface area contributed by atoms with Crippen LogP contribution in [0.3, 0.4) is 0 Å². The van der Waals surface area contributed by atoms with Crippen molar-refractivity contribution in [1.82, 2.24) is 4.90 Å². The highest BCUT2D eigenvalue weighted by Gasteiger charge is 2.23. The van der Waals surface area contributed by atoms with Gasteiger partial charge in [-0.25, -0.2) is 0 Å². The lowest BCUT2D eigenvalue weighted by Gasteiger charge is -2.30.